The summed E-state index contributed by atoms with van der Waals surface area (Å²) >= 11 is 0. The van der Waals surface area contributed by atoms with Crippen molar-refractivity contribution in [2.45, 2.75) is 52.4 Å². The third-order valence-electron chi connectivity index (χ3n) is 6.96. The lowest BCUT2D eigenvalue weighted by Crippen LogP contribution is -2.17. The Bertz CT molecular complexity index is 1690. The minimum absolute atomic E-state index is 0.0208. The minimum atomic E-state index is -0.121. The van der Waals surface area contributed by atoms with Crippen LogP contribution in [-0.4, -0.2) is 19.2 Å². The van der Waals surface area contributed by atoms with Crippen LogP contribution in [0.5, 0.6) is 11.5 Å². The molecular weight excluding hydrogens is 498 g/mol. The summed E-state index contributed by atoms with van der Waals surface area (Å²) in [5.74, 6) is 2.25. The van der Waals surface area contributed by atoms with Crippen LogP contribution >= 0.6 is 0 Å². The molecule has 206 valence electrons. The molecule has 1 heterocycles. The van der Waals surface area contributed by atoms with Crippen LogP contribution in [0.3, 0.4) is 0 Å². The maximum absolute atomic E-state index is 6.64. The van der Waals surface area contributed by atoms with E-state index in [1.165, 1.54) is 5.56 Å². The summed E-state index contributed by atoms with van der Waals surface area (Å²) in [6, 6.07) is 23.8. The van der Waals surface area contributed by atoms with Gasteiger partial charge in [0.2, 0.25) is 0 Å². The molecule has 40 heavy (non-hydrogen) atoms. The maximum Gasteiger partial charge on any atom is 0.156 e. The quantitative estimate of drug-likeness (QED) is 0.228. The minimum Gasteiger partial charge on any atom is -0.497 e. The lowest BCUT2D eigenvalue weighted by Gasteiger charge is -2.26. The van der Waals surface area contributed by atoms with E-state index in [0.29, 0.717) is 5.76 Å². The van der Waals surface area contributed by atoms with Gasteiger partial charge in [0, 0.05) is 17.3 Å². The first-order valence-corrected chi connectivity index (χ1v) is 13.5. The monoisotopic (exact) mass is 535 g/mol. The molecule has 0 saturated carbocycles. The van der Waals surface area contributed by atoms with Gasteiger partial charge in [-0.15, -0.1) is 0 Å². The van der Waals surface area contributed by atoms with Crippen molar-refractivity contribution in [3.63, 3.8) is 0 Å². The third-order valence-corrected chi connectivity index (χ3v) is 6.96. The van der Waals surface area contributed by atoms with Crippen LogP contribution in [0, 0.1) is 0 Å². The molecule has 0 amide bonds. The van der Waals surface area contributed by atoms with Gasteiger partial charge in [-0.25, -0.2) is 9.98 Å². The molecule has 0 aromatic heterocycles. The number of rotatable bonds is 5. The van der Waals surface area contributed by atoms with E-state index in [9.17, 15) is 0 Å². The SMILES string of the molecule is COc1ccc(N=c2cc3oc4c(C(C)(C)C)cc(C(C)(C)C)cc4nc-3cc2Nc2ccc(OC)cc2)cc1. The molecule has 6 heteroatoms. The largest absolute Gasteiger partial charge is 0.497 e. The summed E-state index contributed by atoms with van der Waals surface area (Å²) in [6.07, 6.45) is 0. The van der Waals surface area contributed by atoms with Gasteiger partial charge in [0.25, 0.3) is 0 Å². The van der Waals surface area contributed by atoms with E-state index >= 15 is 0 Å². The fraction of sp³-hybridized carbons (Fsp3) is 0.294. The van der Waals surface area contributed by atoms with Gasteiger partial charge in [-0.1, -0.05) is 47.6 Å². The zero-order valence-corrected chi connectivity index (χ0v) is 24.5. The Hall–Kier alpha value is -4.32. The predicted molar refractivity (Wildman–Crippen MR) is 163 cm³/mol. The molecule has 0 spiro atoms. The Balaban J connectivity index is 1.75. The third kappa shape index (κ3) is 5.67. The van der Waals surface area contributed by atoms with E-state index in [0.717, 1.165) is 56.3 Å². The Morgan fingerprint density at radius 1 is 0.750 bits per heavy atom. The van der Waals surface area contributed by atoms with Crippen molar-refractivity contribution < 1.29 is 13.9 Å². The van der Waals surface area contributed by atoms with Crippen LogP contribution in [0.1, 0.15) is 52.7 Å². The summed E-state index contributed by atoms with van der Waals surface area (Å²) < 4.78 is 17.3. The van der Waals surface area contributed by atoms with Crippen molar-refractivity contribution in [3.8, 4) is 23.0 Å². The van der Waals surface area contributed by atoms with Gasteiger partial charge in [-0.05, 0) is 77.1 Å². The second-order valence-corrected chi connectivity index (χ2v) is 12.1. The molecule has 1 N–H and O–H groups in total. The highest BCUT2D eigenvalue weighted by molar-refractivity contribution is 5.82. The van der Waals surface area contributed by atoms with Gasteiger partial charge in [0.15, 0.2) is 11.3 Å². The number of ether oxygens (including phenoxy) is 2. The first-order chi connectivity index (χ1) is 18.9. The summed E-state index contributed by atoms with van der Waals surface area (Å²) in [7, 11) is 3.31. The molecule has 1 aliphatic carbocycles. The fourth-order valence-electron chi connectivity index (χ4n) is 4.58. The molecular formula is C34H37N3O3. The van der Waals surface area contributed by atoms with Crippen molar-refractivity contribution >= 4 is 28.2 Å². The Morgan fingerprint density at radius 3 is 1.95 bits per heavy atom. The van der Waals surface area contributed by atoms with Gasteiger partial charge in [0.05, 0.1) is 31.0 Å². The number of hydrogen-bond acceptors (Lipinski definition) is 6. The van der Waals surface area contributed by atoms with E-state index in [-0.39, 0.29) is 10.8 Å². The summed E-state index contributed by atoms with van der Waals surface area (Å²) in [4.78, 5) is 10.1. The van der Waals surface area contributed by atoms with Gasteiger partial charge in [-0.2, -0.15) is 0 Å². The van der Waals surface area contributed by atoms with Crippen molar-refractivity contribution in [3.05, 3.63) is 89.3 Å². The molecule has 0 bridgehead atoms. The lowest BCUT2D eigenvalue weighted by molar-refractivity contribution is 0.415. The number of hydrogen-bond donors (Lipinski definition) is 1. The van der Waals surface area contributed by atoms with Crippen LogP contribution in [0.4, 0.5) is 17.1 Å². The molecule has 0 fully saturated rings. The van der Waals surface area contributed by atoms with E-state index in [1.54, 1.807) is 14.2 Å². The fourth-order valence-corrected chi connectivity index (χ4v) is 4.58. The predicted octanol–water partition coefficient (Wildman–Crippen LogP) is 8.52. The van der Waals surface area contributed by atoms with Crippen LogP contribution < -0.4 is 20.1 Å². The number of aromatic nitrogens is 1. The maximum atomic E-state index is 6.64. The number of nitrogens with zero attached hydrogens (tertiary/aromatic N) is 2. The highest BCUT2D eigenvalue weighted by atomic mass is 16.5. The molecule has 0 radical (unpaired) electrons. The van der Waals surface area contributed by atoms with Gasteiger partial charge < -0.3 is 19.2 Å². The molecule has 3 aromatic carbocycles. The molecule has 2 aliphatic rings. The Labute approximate surface area is 236 Å². The first-order valence-electron chi connectivity index (χ1n) is 13.5. The summed E-state index contributed by atoms with van der Waals surface area (Å²) in [6.45, 7) is 13.3. The number of fused-ring (bicyclic) bond motifs is 2. The van der Waals surface area contributed by atoms with Crippen molar-refractivity contribution in [2.24, 2.45) is 4.99 Å². The van der Waals surface area contributed by atoms with Crippen LogP contribution in [0.2, 0.25) is 0 Å². The molecule has 6 nitrogen and oxygen atoms in total. The van der Waals surface area contributed by atoms with Crippen molar-refractivity contribution in [1.29, 1.82) is 0 Å². The van der Waals surface area contributed by atoms with E-state index in [4.69, 9.17) is 23.9 Å². The van der Waals surface area contributed by atoms with Crippen LogP contribution in [0.15, 0.2) is 82.2 Å². The zero-order chi connectivity index (χ0) is 28.7. The number of methoxy groups -OCH3 is 2. The highest BCUT2D eigenvalue weighted by Crippen LogP contribution is 2.37. The Morgan fingerprint density at radius 2 is 1.38 bits per heavy atom. The molecule has 0 unspecified atom stereocenters. The van der Waals surface area contributed by atoms with Crippen molar-refractivity contribution in [1.82, 2.24) is 4.98 Å². The number of nitrogens with one attached hydrogen (secondary N) is 1. The van der Waals surface area contributed by atoms with Gasteiger partial charge >= 0.3 is 0 Å². The van der Waals surface area contributed by atoms with Crippen molar-refractivity contribution in [2.75, 3.05) is 19.5 Å². The van der Waals surface area contributed by atoms with Crippen LogP contribution in [-0.2, 0) is 10.8 Å². The molecule has 1 aliphatic heterocycles. The first kappa shape index (κ1) is 27.3. The number of benzene rings is 4. The normalized spacial score (nSPS) is 12.7. The standard InChI is InChI=1S/C34H37N3O3/c1-33(2,3)21-17-26(34(4,5)6)32-30(18-21)37-29-19-27(35-22-9-13-24(38-7)14-10-22)28(20-31(29)40-32)36-23-11-15-25(39-8)16-12-23/h9-20,35H,1-8H3. The van der Waals surface area contributed by atoms with E-state index in [2.05, 4.69) is 59.0 Å². The average Bonchev–Trinajstić information content (AvgIpc) is 2.91. The molecule has 0 saturated heterocycles. The Kier molecular flexibility index (Phi) is 7.05. The van der Waals surface area contributed by atoms with Gasteiger partial charge in [0.1, 0.15) is 22.7 Å². The smallest absolute Gasteiger partial charge is 0.156 e. The average molecular weight is 536 g/mol. The van der Waals surface area contributed by atoms with Crippen LogP contribution in [0.25, 0.3) is 22.6 Å². The highest BCUT2D eigenvalue weighted by Gasteiger charge is 2.25. The summed E-state index contributed by atoms with van der Waals surface area (Å²) in [5.41, 5.74) is 7.16. The molecule has 3 aromatic rings. The molecule has 5 rings (SSSR count). The zero-order valence-electron chi connectivity index (χ0n) is 24.5. The number of anilines is 2. The second-order valence-electron chi connectivity index (χ2n) is 12.1. The van der Waals surface area contributed by atoms with Gasteiger partial charge in [-0.3, -0.25) is 0 Å². The summed E-state index contributed by atoms with van der Waals surface area (Å²) in [5, 5.41) is 4.26. The molecule has 0 atom stereocenters. The van der Waals surface area contributed by atoms with E-state index < -0.39 is 0 Å². The second kappa shape index (κ2) is 10.3. The topological polar surface area (TPSA) is 68.9 Å². The lowest BCUT2D eigenvalue weighted by atomic mass is 9.80. The van der Waals surface area contributed by atoms with E-state index in [1.807, 2.05) is 60.7 Å².